The molecule has 0 unspecified atom stereocenters. The number of nitrogens with zero attached hydrogens (tertiary/aromatic N) is 1. The Balaban J connectivity index is 1.68. The monoisotopic (exact) mass is 446 g/mol. The Kier molecular flexibility index (Phi) is 7.56. The Bertz CT molecular complexity index is 999. The molecule has 1 heterocycles. The Morgan fingerprint density at radius 2 is 1.68 bits per heavy atom. The number of hydrogen-bond acceptors (Lipinski definition) is 5. The lowest BCUT2D eigenvalue weighted by molar-refractivity contribution is 0.0935. The second-order valence-corrected chi connectivity index (χ2v) is 9.58. The number of methoxy groups -OCH3 is 2. The SMILES string of the molecule is CC[C@H](NC(=O)c1ccc(CS(=O)(=O)N2CCCC2)cc1)c1ccc(OC)c(OC)c1. The first kappa shape index (κ1) is 23.1. The molecule has 1 amide bonds. The average molecular weight is 447 g/mol. The smallest absolute Gasteiger partial charge is 0.251 e. The molecule has 0 bridgehead atoms. The van der Waals surface area contributed by atoms with E-state index in [-0.39, 0.29) is 17.7 Å². The summed E-state index contributed by atoms with van der Waals surface area (Å²) in [6, 6.07) is 12.2. The minimum Gasteiger partial charge on any atom is -0.493 e. The lowest BCUT2D eigenvalue weighted by Crippen LogP contribution is -2.29. The normalized spacial score (nSPS) is 15.5. The van der Waals surface area contributed by atoms with Gasteiger partial charge < -0.3 is 14.8 Å². The van der Waals surface area contributed by atoms with Crippen LogP contribution in [0, 0.1) is 0 Å². The van der Waals surface area contributed by atoms with Gasteiger partial charge in [0.1, 0.15) is 0 Å². The summed E-state index contributed by atoms with van der Waals surface area (Å²) < 4.78 is 37.2. The molecule has 168 valence electrons. The Hall–Kier alpha value is -2.58. The Labute approximate surface area is 184 Å². The summed E-state index contributed by atoms with van der Waals surface area (Å²) in [6.45, 7) is 3.18. The maximum absolute atomic E-state index is 12.8. The molecule has 0 radical (unpaired) electrons. The van der Waals surface area contributed by atoms with E-state index in [1.165, 1.54) is 0 Å². The quantitative estimate of drug-likeness (QED) is 0.637. The molecule has 0 saturated carbocycles. The topological polar surface area (TPSA) is 84.9 Å². The molecule has 1 atom stereocenters. The highest BCUT2D eigenvalue weighted by Crippen LogP contribution is 2.31. The summed E-state index contributed by atoms with van der Waals surface area (Å²) in [5.41, 5.74) is 2.08. The predicted molar refractivity (Wildman–Crippen MR) is 120 cm³/mol. The summed E-state index contributed by atoms with van der Waals surface area (Å²) in [4.78, 5) is 12.8. The summed E-state index contributed by atoms with van der Waals surface area (Å²) in [5.74, 6) is 0.983. The number of rotatable bonds is 9. The molecule has 31 heavy (non-hydrogen) atoms. The molecule has 2 aromatic carbocycles. The van der Waals surface area contributed by atoms with Crippen molar-refractivity contribution in [2.45, 2.75) is 38.0 Å². The van der Waals surface area contributed by atoms with Crippen molar-refractivity contribution in [1.29, 1.82) is 0 Å². The largest absolute Gasteiger partial charge is 0.493 e. The van der Waals surface area contributed by atoms with E-state index < -0.39 is 10.0 Å². The number of carbonyl (C=O) groups excluding carboxylic acids is 1. The first-order chi connectivity index (χ1) is 14.9. The van der Waals surface area contributed by atoms with Gasteiger partial charge in [0.15, 0.2) is 11.5 Å². The molecular weight excluding hydrogens is 416 g/mol. The van der Waals surface area contributed by atoms with Crippen LogP contribution in [-0.4, -0.2) is 45.9 Å². The molecule has 0 aromatic heterocycles. The van der Waals surface area contributed by atoms with Gasteiger partial charge in [0.05, 0.1) is 26.0 Å². The lowest BCUT2D eigenvalue weighted by Gasteiger charge is -2.19. The minimum atomic E-state index is -3.31. The third-order valence-electron chi connectivity index (χ3n) is 5.55. The average Bonchev–Trinajstić information content (AvgIpc) is 3.33. The number of amides is 1. The van der Waals surface area contributed by atoms with E-state index >= 15 is 0 Å². The van der Waals surface area contributed by atoms with Gasteiger partial charge in [-0.25, -0.2) is 12.7 Å². The molecule has 1 fully saturated rings. The third kappa shape index (κ3) is 5.57. The van der Waals surface area contributed by atoms with Crippen molar-refractivity contribution in [1.82, 2.24) is 9.62 Å². The minimum absolute atomic E-state index is 0.0435. The van der Waals surface area contributed by atoms with Gasteiger partial charge in [-0.3, -0.25) is 4.79 Å². The number of sulfonamides is 1. The number of carbonyl (C=O) groups is 1. The van der Waals surface area contributed by atoms with Crippen molar-refractivity contribution in [3.63, 3.8) is 0 Å². The highest BCUT2D eigenvalue weighted by Gasteiger charge is 2.25. The van der Waals surface area contributed by atoms with Gasteiger partial charge in [0.25, 0.3) is 5.91 Å². The molecule has 3 rings (SSSR count). The van der Waals surface area contributed by atoms with Crippen LogP contribution >= 0.6 is 0 Å². The summed E-state index contributed by atoms with van der Waals surface area (Å²) >= 11 is 0. The van der Waals surface area contributed by atoms with Crippen molar-refractivity contribution in [2.24, 2.45) is 0 Å². The number of hydrogen-bond donors (Lipinski definition) is 1. The molecular formula is C23H30N2O5S. The van der Waals surface area contributed by atoms with E-state index in [4.69, 9.17) is 9.47 Å². The van der Waals surface area contributed by atoms with E-state index in [1.807, 2.05) is 25.1 Å². The zero-order valence-corrected chi connectivity index (χ0v) is 19.1. The van der Waals surface area contributed by atoms with Gasteiger partial charge in [0.2, 0.25) is 10.0 Å². The highest BCUT2D eigenvalue weighted by molar-refractivity contribution is 7.88. The van der Waals surface area contributed by atoms with Crippen molar-refractivity contribution >= 4 is 15.9 Å². The molecule has 0 spiro atoms. The van der Waals surface area contributed by atoms with Crippen LogP contribution in [0.5, 0.6) is 11.5 Å². The molecule has 1 saturated heterocycles. The van der Waals surface area contributed by atoms with Gasteiger partial charge in [-0.05, 0) is 54.7 Å². The van der Waals surface area contributed by atoms with Crippen molar-refractivity contribution < 1.29 is 22.7 Å². The molecule has 2 aromatic rings. The van der Waals surface area contributed by atoms with Crippen LogP contribution < -0.4 is 14.8 Å². The molecule has 1 N–H and O–H groups in total. The van der Waals surface area contributed by atoms with Gasteiger partial charge in [-0.2, -0.15) is 0 Å². The predicted octanol–water partition coefficient (Wildman–Crippen LogP) is 3.51. The maximum atomic E-state index is 12.8. The molecule has 8 heteroatoms. The highest BCUT2D eigenvalue weighted by atomic mass is 32.2. The second kappa shape index (κ2) is 10.2. The van der Waals surface area contributed by atoms with E-state index in [0.29, 0.717) is 42.1 Å². The van der Waals surface area contributed by atoms with Crippen LogP contribution in [0.4, 0.5) is 0 Å². The number of nitrogens with one attached hydrogen (secondary N) is 1. The summed E-state index contributed by atoms with van der Waals surface area (Å²) in [7, 11) is -0.151. The van der Waals surface area contributed by atoms with Crippen molar-refractivity contribution in [3.8, 4) is 11.5 Å². The van der Waals surface area contributed by atoms with Crippen LogP contribution in [0.3, 0.4) is 0 Å². The maximum Gasteiger partial charge on any atom is 0.251 e. The molecule has 1 aliphatic rings. The van der Waals surface area contributed by atoms with Crippen LogP contribution in [0.25, 0.3) is 0 Å². The first-order valence-corrected chi connectivity index (χ1v) is 12.1. The van der Waals surface area contributed by atoms with Crippen LogP contribution in [0.2, 0.25) is 0 Å². The van der Waals surface area contributed by atoms with E-state index in [1.54, 1.807) is 42.8 Å². The third-order valence-corrected chi connectivity index (χ3v) is 7.40. The fourth-order valence-electron chi connectivity index (χ4n) is 3.75. The molecule has 0 aliphatic carbocycles. The molecule has 1 aliphatic heterocycles. The van der Waals surface area contributed by atoms with Crippen LogP contribution in [0.1, 0.15) is 53.7 Å². The van der Waals surface area contributed by atoms with Crippen LogP contribution in [-0.2, 0) is 15.8 Å². The van der Waals surface area contributed by atoms with Crippen molar-refractivity contribution in [3.05, 3.63) is 59.2 Å². The zero-order valence-electron chi connectivity index (χ0n) is 18.3. The van der Waals surface area contributed by atoms with Gasteiger partial charge in [-0.15, -0.1) is 0 Å². The standard InChI is InChI=1S/C23H30N2O5S/c1-4-20(19-11-12-21(29-2)22(15-19)30-3)24-23(26)18-9-7-17(8-10-18)16-31(27,28)25-13-5-6-14-25/h7-12,15,20H,4-6,13-14,16H2,1-3H3,(H,24,26)/t20-/m0/s1. The fraction of sp³-hybridized carbons (Fsp3) is 0.435. The second-order valence-electron chi connectivity index (χ2n) is 7.61. The van der Waals surface area contributed by atoms with Gasteiger partial charge in [0, 0.05) is 18.7 Å². The van der Waals surface area contributed by atoms with Crippen molar-refractivity contribution in [2.75, 3.05) is 27.3 Å². The van der Waals surface area contributed by atoms with Gasteiger partial charge in [-0.1, -0.05) is 25.1 Å². The molecule has 7 nitrogen and oxygen atoms in total. The number of ether oxygens (including phenoxy) is 2. The first-order valence-electron chi connectivity index (χ1n) is 10.5. The lowest BCUT2D eigenvalue weighted by atomic mass is 10.0. The fourth-order valence-corrected chi connectivity index (χ4v) is 5.36. The number of benzene rings is 2. The Morgan fingerprint density at radius 1 is 1.03 bits per heavy atom. The van der Waals surface area contributed by atoms with Gasteiger partial charge >= 0.3 is 0 Å². The Morgan fingerprint density at radius 3 is 2.26 bits per heavy atom. The summed E-state index contributed by atoms with van der Waals surface area (Å²) in [5, 5.41) is 3.04. The van der Waals surface area contributed by atoms with E-state index in [0.717, 1.165) is 18.4 Å². The van der Waals surface area contributed by atoms with E-state index in [2.05, 4.69) is 5.32 Å². The van der Waals surface area contributed by atoms with E-state index in [9.17, 15) is 13.2 Å². The van der Waals surface area contributed by atoms with Crippen LogP contribution in [0.15, 0.2) is 42.5 Å². The zero-order chi connectivity index (χ0) is 22.4. The summed E-state index contributed by atoms with van der Waals surface area (Å²) in [6.07, 6.45) is 2.53.